The number of rotatable bonds is 20. The lowest BCUT2D eigenvalue weighted by molar-refractivity contribution is -0.173. The van der Waals surface area contributed by atoms with Crippen molar-refractivity contribution in [1.82, 2.24) is 9.99 Å². The van der Waals surface area contributed by atoms with Crippen molar-refractivity contribution in [3.05, 3.63) is 107 Å². The molecule has 5 atom stereocenters. The Morgan fingerprint density at radius 2 is 1.47 bits per heavy atom. The fraction of sp³-hybridized carbons (Fsp3) is 0.500. The highest BCUT2D eigenvalue weighted by molar-refractivity contribution is 7.44. The summed E-state index contributed by atoms with van der Waals surface area (Å²) in [6, 6.07) is 24.1. The molecule has 0 aliphatic carbocycles. The van der Waals surface area contributed by atoms with E-state index in [9.17, 15) is 18.0 Å². The molecule has 1 amide bonds. The number of nitrogens with one attached hydrogen (secondary N) is 1. The minimum atomic E-state index is -4.99. The number of alkyl halides is 3. The van der Waals surface area contributed by atoms with Crippen LogP contribution in [0.4, 0.5) is 13.2 Å². The molecule has 1 heterocycles. The van der Waals surface area contributed by atoms with Crippen LogP contribution in [-0.4, -0.2) is 95.4 Å². The zero-order valence-electron chi connectivity index (χ0n) is 32.1. The third-order valence-corrected chi connectivity index (χ3v) is 11.4. The van der Waals surface area contributed by atoms with E-state index in [0.29, 0.717) is 11.5 Å². The Labute approximate surface area is 325 Å². The second kappa shape index (κ2) is 20.5. The predicted octanol–water partition coefficient (Wildman–Crippen LogP) is 7.65. The summed E-state index contributed by atoms with van der Waals surface area (Å²) < 4.78 is 78.6. The monoisotopic (exact) mass is 783 g/mol. The highest BCUT2D eigenvalue weighted by Crippen LogP contribution is 2.51. The Hall–Kier alpha value is -3.70. The lowest BCUT2D eigenvalue weighted by Gasteiger charge is -2.39. The van der Waals surface area contributed by atoms with Crippen molar-refractivity contribution >= 4 is 22.3 Å². The first-order valence-corrected chi connectivity index (χ1v) is 19.4. The first kappa shape index (κ1) is 44.0. The van der Waals surface area contributed by atoms with Gasteiger partial charge in [0, 0.05) is 30.5 Å². The number of carbonyl (C=O) groups excluding carboxylic acids is 1. The number of hydrogen-bond donors (Lipinski definition) is 1. The second-order valence-corrected chi connectivity index (χ2v) is 15.0. The summed E-state index contributed by atoms with van der Waals surface area (Å²) in [5, 5.41) is 1.94. The summed E-state index contributed by atoms with van der Waals surface area (Å²) in [4.78, 5) is 15.0. The Bertz CT molecular complexity index is 1610. The van der Waals surface area contributed by atoms with Crippen molar-refractivity contribution in [3.8, 4) is 11.5 Å². The van der Waals surface area contributed by atoms with Crippen molar-refractivity contribution in [3.63, 3.8) is 0 Å². The number of hydrogen-bond acceptors (Lipinski definition) is 8. The zero-order valence-corrected chi connectivity index (χ0v) is 33.0. The summed E-state index contributed by atoms with van der Waals surface area (Å²) >= 11 is 0. The third kappa shape index (κ3) is 11.2. The topological polar surface area (TPSA) is 92.1 Å². The molecule has 2 radical (unpaired) electrons. The van der Waals surface area contributed by atoms with Gasteiger partial charge in [0.15, 0.2) is 0 Å². The van der Waals surface area contributed by atoms with E-state index in [1.54, 1.807) is 14.2 Å². The standard InChI is InChI=1S/C40H50BF3N3O7P/c1-27(2)47(28(3)4)55(52-25-24-45-5)54-36-34(14-11-23-46-38(48)40(42,43)44)37(41)53-35(36)26-51-39(29-12-9-8-10-13-29,30-15-19-32(49-6)20-16-30)31-17-21-33(50-7)22-18-31/h8-10,12-13,15-22,27-28,34-37H,11,14,23-26H2,1-4,6-7H3,(H,46,48)/t34-,35+,36?,37+,55?/m0/s1. The van der Waals surface area contributed by atoms with Gasteiger partial charge >= 0.3 is 12.1 Å². The smallest absolute Gasteiger partial charge is 0.471 e. The molecule has 0 aromatic heterocycles. The van der Waals surface area contributed by atoms with Gasteiger partial charge in [0.05, 0.1) is 26.9 Å². The van der Waals surface area contributed by atoms with E-state index in [4.69, 9.17) is 42.4 Å². The molecule has 1 saturated heterocycles. The van der Waals surface area contributed by atoms with Crippen molar-refractivity contribution in [2.75, 3.05) is 40.5 Å². The number of methoxy groups -OCH3 is 2. The normalized spacial score (nSPS) is 19.4. The molecule has 10 nitrogen and oxygen atoms in total. The van der Waals surface area contributed by atoms with E-state index in [2.05, 4.69) is 9.52 Å². The Morgan fingerprint density at radius 3 is 1.96 bits per heavy atom. The van der Waals surface area contributed by atoms with Crippen LogP contribution in [0.5, 0.6) is 11.5 Å². The lowest BCUT2D eigenvalue weighted by atomic mass is 9.79. The van der Waals surface area contributed by atoms with E-state index >= 15 is 0 Å². The van der Waals surface area contributed by atoms with Gasteiger partial charge in [0.25, 0.3) is 8.53 Å². The molecule has 0 saturated carbocycles. The molecule has 2 unspecified atom stereocenters. The SMILES string of the molecule is [B][C@@H]1O[C@H](COC(c2ccccc2)(c2ccc(OC)cc2)c2ccc(OC)cc2)C(OP(OCC[N+]#[C-])N(C(C)C)C(C)C)[C@@H]1CCCNC(=O)C(F)(F)F. The van der Waals surface area contributed by atoms with Crippen LogP contribution in [0.3, 0.4) is 0 Å². The van der Waals surface area contributed by atoms with E-state index < -0.39 is 50.3 Å². The van der Waals surface area contributed by atoms with E-state index in [0.717, 1.165) is 16.7 Å². The molecule has 3 aromatic carbocycles. The van der Waals surface area contributed by atoms with Crippen LogP contribution in [0.1, 0.15) is 57.2 Å². The van der Waals surface area contributed by atoms with Crippen LogP contribution >= 0.6 is 8.53 Å². The van der Waals surface area contributed by atoms with Crippen molar-refractivity contribution in [1.29, 1.82) is 0 Å². The van der Waals surface area contributed by atoms with E-state index in [1.807, 2.05) is 112 Å². The maximum Gasteiger partial charge on any atom is 0.471 e. The van der Waals surface area contributed by atoms with Gasteiger partial charge in [-0.15, -0.1) is 0 Å². The van der Waals surface area contributed by atoms with Crippen LogP contribution in [0.2, 0.25) is 0 Å². The van der Waals surface area contributed by atoms with Gasteiger partial charge in [-0.2, -0.15) is 13.2 Å². The number of halogens is 3. The first-order valence-electron chi connectivity index (χ1n) is 18.2. The van der Waals surface area contributed by atoms with E-state index in [1.165, 1.54) is 0 Å². The Morgan fingerprint density at radius 1 is 0.927 bits per heavy atom. The van der Waals surface area contributed by atoms with Gasteiger partial charge in [0.1, 0.15) is 37.7 Å². The van der Waals surface area contributed by atoms with Crippen molar-refractivity contribution < 1.29 is 46.0 Å². The van der Waals surface area contributed by atoms with Gasteiger partial charge in [-0.05, 0) is 81.5 Å². The minimum absolute atomic E-state index is 0.00310. The predicted molar refractivity (Wildman–Crippen MR) is 206 cm³/mol. The molecule has 296 valence electrons. The fourth-order valence-electron chi connectivity index (χ4n) is 6.77. The molecular weight excluding hydrogens is 733 g/mol. The number of nitrogens with zero attached hydrogens (tertiary/aromatic N) is 2. The second-order valence-electron chi connectivity index (χ2n) is 13.6. The summed E-state index contributed by atoms with van der Waals surface area (Å²) in [6.45, 7) is 15.4. The van der Waals surface area contributed by atoms with Crippen LogP contribution < -0.4 is 14.8 Å². The molecule has 1 fully saturated rings. The summed E-state index contributed by atoms with van der Waals surface area (Å²) in [6.07, 6.45) is -6.05. The molecule has 1 aliphatic heterocycles. The number of ether oxygens (including phenoxy) is 4. The average Bonchev–Trinajstić information content (AvgIpc) is 3.46. The third-order valence-electron chi connectivity index (χ3n) is 9.30. The van der Waals surface area contributed by atoms with Gasteiger partial charge < -0.3 is 38.2 Å². The Kier molecular flexibility index (Phi) is 16.4. The van der Waals surface area contributed by atoms with Gasteiger partial charge in [-0.1, -0.05) is 54.6 Å². The van der Waals surface area contributed by atoms with Crippen LogP contribution in [0.25, 0.3) is 4.85 Å². The first-order chi connectivity index (χ1) is 26.3. The van der Waals surface area contributed by atoms with Crippen LogP contribution in [0, 0.1) is 12.5 Å². The van der Waals surface area contributed by atoms with Crippen LogP contribution in [-0.2, 0) is 28.9 Å². The molecule has 1 aliphatic rings. The average molecular weight is 784 g/mol. The summed E-state index contributed by atoms with van der Waals surface area (Å²) in [7, 11) is 8.09. The van der Waals surface area contributed by atoms with Gasteiger partial charge in [0.2, 0.25) is 6.54 Å². The molecule has 55 heavy (non-hydrogen) atoms. The summed E-state index contributed by atoms with van der Waals surface area (Å²) in [5.41, 5.74) is 1.25. The van der Waals surface area contributed by atoms with E-state index in [-0.39, 0.29) is 51.2 Å². The minimum Gasteiger partial charge on any atom is -0.497 e. The maximum atomic E-state index is 12.9. The van der Waals surface area contributed by atoms with Crippen LogP contribution in [0.15, 0.2) is 78.9 Å². The molecule has 1 N–H and O–H groups in total. The lowest BCUT2D eigenvalue weighted by Crippen LogP contribution is -2.41. The quantitative estimate of drug-likeness (QED) is 0.0411. The molecular formula is C40H50BF3N3O7P. The number of benzene rings is 3. The van der Waals surface area contributed by atoms with Gasteiger partial charge in [-0.25, -0.2) is 11.2 Å². The van der Waals surface area contributed by atoms with Crippen molar-refractivity contribution in [2.45, 2.75) is 82.6 Å². The number of carbonyl (C=O) groups is 1. The molecule has 15 heteroatoms. The molecule has 3 aromatic rings. The van der Waals surface area contributed by atoms with Gasteiger partial charge in [-0.3, -0.25) is 4.79 Å². The van der Waals surface area contributed by atoms with Crippen molar-refractivity contribution in [2.24, 2.45) is 5.92 Å². The zero-order chi connectivity index (χ0) is 40.2. The Balaban J connectivity index is 1.77. The molecule has 0 bridgehead atoms. The molecule has 0 spiro atoms. The fourth-order valence-corrected chi connectivity index (χ4v) is 8.56. The summed E-state index contributed by atoms with van der Waals surface area (Å²) in [5.74, 6) is -1.19. The number of amides is 1. The molecule has 4 rings (SSSR count). The maximum absolute atomic E-state index is 12.9. The highest BCUT2D eigenvalue weighted by atomic mass is 31.2. The largest absolute Gasteiger partial charge is 0.497 e. The highest BCUT2D eigenvalue weighted by Gasteiger charge is 2.48.